The Kier molecular flexibility index (Phi) is 7.47. The number of hydrogen-bond acceptors (Lipinski definition) is 5. The second-order valence-corrected chi connectivity index (χ2v) is 9.38. The number of benzene rings is 3. The van der Waals surface area contributed by atoms with Gasteiger partial charge in [0.2, 0.25) is 0 Å². The third kappa shape index (κ3) is 4.49. The van der Waals surface area contributed by atoms with E-state index in [0.29, 0.717) is 35.0 Å². The van der Waals surface area contributed by atoms with Crippen molar-refractivity contribution < 1.29 is 23.2 Å². The molecule has 5 nitrogen and oxygen atoms in total. The molecule has 0 spiro atoms. The van der Waals surface area contributed by atoms with Crippen molar-refractivity contribution in [2.24, 2.45) is 0 Å². The molecular formula is C25H28O5S. The summed E-state index contributed by atoms with van der Waals surface area (Å²) >= 11 is 0. The molecule has 0 radical (unpaired) electrons. The molecule has 3 rings (SSSR count). The Morgan fingerprint density at radius 2 is 1.26 bits per heavy atom. The van der Waals surface area contributed by atoms with Gasteiger partial charge in [-0.2, -0.15) is 0 Å². The summed E-state index contributed by atoms with van der Waals surface area (Å²) in [5, 5.41) is 0. The van der Waals surface area contributed by atoms with Crippen LogP contribution in [0.25, 0.3) is 0 Å². The van der Waals surface area contributed by atoms with Gasteiger partial charge in [0, 0.05) is 38.7 Å². The Morgan fingerprint density at radius 1 is 0.774 bits per heavy atom. The van der Waals surface area contributed by atoms with Crippen molar-refractivity contribution in [2.45, 2.75) is 34.5 Å². The van der Waals surface area contributed by atoms with Crippen LogP contribution < -0.4 is 14.2 Å². The molecule has 0 aromatic heterocycles. The van der Waals surface area contributed by atoms with E-state index in [9.17, 15) is 4.79 Å². The first-order valence-electron chi connectivity index (χ1n) is 10.1. The van der Waals surface area contributed by atoms with Crippen molar-refractivity contribution in [3.63, 3.8) is 0 Å². The molecule has 0 heterocycles. The van der Waals surface area contributed by atoms with Gasteiger partial charge in [0.15, 0.2) is 0 Å². The molecule has 3 aromatic rings. The lowest BCUT2D eigenvalue weighted by molar-refractivity contribution is -0.133. The maximum absolute atomic E-state index is 13.0. The molecule has 0 unspecified atom stereocenters. The number of methoxy groups -OCH3 is 3. The molecule has 0 aliphatic carbocycles. The van der Waals surface area contributed by atoms with Crippen LogP contribution in [0.1, 0.15) is 19.8 Å². The maximum atomic E-state index is 13.0. The fourth-order valence-electron chi connectivity index (χ4n) is 3.38. The van der Waals surface area contributed by atoms with Gasteiger partial charge in [-0.05, 0) is 30.7 Å². The maximum Gasteiger partial charge on any atom is 0.317 e. The normalized spacial score (nSPS) is 11.5. The lowest BCUT2D eigenvalue weighted by Crippen LogP contribution is -2.15. The van der Waals surface area contributed by atoms with E-state index < -0.39 is 10.3 Å². The van der Waals surface area contributed by atoms with Gasteiger partial charge in [-0.15, -0.1) is 0 Å². The lowest BCUT2D eigenvalue weighted by atomic mass is 10.3. The predicted octanol–water partition coefficient (Wildman–Crippen LogP) is 6.25. The average Bonchev–Trinajstić information content (AvgIpc) is 2.83. The van der Waals surface area contributed by atoms with Gasteiger partial charge in [0.05, 0.1) is 21.3 Å². The Morgan fingerprint density at radius 3 is 1.65 bits per heavy atom. The van der Waals surface area contributed by atoms with E-state index in [1.165, 1.54) is 0 Å². The predicted molar refractivity (Wildman–Crippen MR) is 122 cm³/mol. The summed E-state index contributed by atoms with van der Waals surface area (Å²) in [5.74, 6) is 1.38. The van der Waals surface area contributed by atoms with Crippen molar-refractivity contribution >= 4 is 16.3 Å². The molecule has 0 atom stereocenters. The quantitative estimate of drug-likeness (QED) is 0.393. The number of ether oxygens (including phenoxy) is 3. The van der Waals surface area contributed by atoms with Crippen LogP contribution in [-0.4, -0.2) is 27.3 Å². The number of carbonyl (C=O) groups excluding carboxylic acids is 1. The Hall–Kier alpha value is -3.12. The van der Waals surface area contributed by atoms with E-state index in [2.05, 4.69) is 0 Å². The topological polar surface area (TPSA) is 54.0 Å². The second-order valence-electron chi connectivity index (χ2n) is 6.75. The van der Waals surface area contributed by atoms with Crippen molar-refractivity contribution in [3.8, 4) is 17.2 Å². The Balaban J connectivity index is 2.45. The van der Waals surface area contributed by atoms with Gasteiger partial charge >= 0.3 is 5.97 Å². The van der Waals surface area contributed by atoms with E-state index in [0.717, 1.165) is 9.79 Å². The van der Waals surface area contributed by atoms with Gasteiger partial charge in [0.25, 0.3) is 0 Å². The van der Waals surface area contributed by atoms with Crippen molar-refractivity contribution in [3.05, 3.63) is 72.8 Å². The molecule has 0 saturated carbocycles. The zero-order chi connectivity index (χ0) is 22.3. The minimum absolute atomic E-state index is 0.273. The van der Waals surface area contributed by atoms with Crippen molar-refractivity contribution in [1.29, 1.82) is 0 Å². The van der Waals surface area contributed by atoms with Crippen LogP contribution in [0, 0.1) is 0 Å². The standard InChI is InChI=1S/C25H28O5S/c1-5-12-24(26)30-31(20-13-8-6-9-14-20,21-15-10-7-11-16-21)25-22(28-3)17-19(27-2)18-23(25)29-4/h6-11,13-18H,5,12H2,1-4H3. The minimum Gasteiger partial charge on any atom is -0.496 e. The summed E-state index contributed by atoms with van der Waals surface area (Å²) in [6.07, 6.45) is 1.00. The highest BCUT2D eigenvalue weighted by Crippen LogP contribution is 2.73. The van der Waals surface area contributed by atoms with E-state index in [1.54, 1.807) is 33.5 Å². The van der Waals surface area contributed by atoms with E-state index >= 15 is 0 Å². The van der Waals surface area contributed by atoms with E-state index in [-0.39, 0.29) is 5.97 Å². The van der Waals surface area contributed by atoms with Gasteiger partial charge in [-0.3, -0.25) is 4.79 Å². The summed E-state index contributed by atoms with van der Waals surface area (Å²) in [7, 11) is 2.25. The fourth-order valence-corrected chi connectivity index (χ4v) is 6.69. The second kappa shape index (κ2) is 10.3. The SMILES string of the molecule is CCCC(=O)OS(c1ccccc1)(c1ccccc1)c1c(OC)cc(OC)cc1OC. The van der Waals surface area contributed by atoms with E-state index in [4.69, 9.17) is 18.4 Å². The molecule has 3 aromatic carbocycles. The van der Waals surface area contributed by atoms with Crippen LogP contribution in [0.3, 0.4) is 0 Å². The monoisotopic (exact) mass is 440 g/mol. The van der Waals surface area contributed by atoms with Crippen LogP contribution in [0.15, 0.2) is 87.5 Å². The van der Waals surface area contributed by atoms with E-state index in [1.807, 2.05) is 67.6 Å². The molecule has 31 heavy (non-hydrogen) atoms. The first kappa shape index (κ1) is 22.6. The molecule has 0 N–H and O–H groups in total. The van der Waals surface area contributed by atoms with Crippen LogP contribution in [0.4, 0.5) is 0 Å². The van der Waals surface area contributed by atoms with Crippen LogP contribution in [-0.2, 0) is 8.98 Å². The molecule has 0 amide bonds. The molecular weight excluding hydrogens is 412 g/mol. The fraction of sp³-hybridized carbons (Fsp3) is 0.240. The minimum atomic E-state index is -2.52. The number of hydrogen-bond donors (Lipinski definition) is 0. The highest BCUT2D eigenvalue weighted by molar-refractivity contribution is 8.30. The van der Waals surface area contributed by atoms with Crippen LogP contribution >= 0.6 is 10.3 Å². The molecule has 0 bridgehead atoms. The smallest absolute Gasteiger partial charge is 0.317 e. The molecule has 0 fully saturated rings. The molecule has 0 aliphatic heterocycles. The van der Waals surface area contributed by atoms with Gasteiger partial charge in [0.1, 0.15) is 22.1 Å². The first-order chi connectivity index (χ1) is 15.1. The highest BCUT2D eigenvalue weighted by Gasteiger charge is 2.41. The number of carbonyl (C=O) groups is 1. The van der Waals surface area contributed by atoms with Gasteiger partial charge in [-0.1, -0.05) is 43.3 Å². The molecule has 0 saturated heterocycles. The third-order valence-corrected chi connectivity index (χ3v) is 8.06. The lowest BCUT2D eigenvalue weighted by Gasteiger charge is -2.41. The molecule has 0 aliphatic rings. The third-order valence-electron chi connectivity index (χ3n) is 4.78. The molecule has 164 valence electrons. The zero-order valence-electron chi connectivity index (χ0n) is 18.3. The molecule has 6 heteroatoms. The van der Waals surface area contributed by atoms with Crippen LogP contribution in [0.2, 0.25) is 0 Å². The summed E-state index contributed by atoms with van der Waals surface area (Å²) in [6, 6.07) is 23.1. The van der Waals surface area contributed by atoms with Crippen LogP contribution in [0.5, 0.6) is 17.2 Å². The summed E-state index contributed by atoms with van der Waals surface area (Å²) in [6.45, 7) is 1.96. The average molecular weight is 441 g/mol. The van der Waals surface area contributed by atoms with Crippen molar-refractivity contribution in [1.82, 2.24) is 0 Å². The van der Waals surface area contributed by atoms with Gasteiger partial charge in [-0.25, -0.2) is 0 Å². The zero-order valence-corrected chi connectivity index (χ0v) is 19.1. The Bertz CT molecular complexity index is 940. The van der Waals surface area contributed by atoms with Crippen molar-refractivity contribution in [2.75, 3.05) is 21.3 Å². The Labute approximate surface area is 185 Å². The largest absolute Gasteiger partial charge is 0.496 e. The number of rotatable bonds is 9. The summed E-state index contributed by atoms with van der Waals surface area (Å²) in [5.41, 5.74) is 0. The van der Waals surface area contributed by atoms with Gasteiger partial charge < -0.3 is 18.4 Å². The summed E-state index contributed by atoms with van der Waals surface area (Å²) in [4.78, 5) is 15.4. The highest BCUT2D eigenvalue weighted by atomic mass is 32.3. The first-order valence-corrected chi connectivity index (χ1v) is 11.6. The summed E-state index contributed by atoms with van der Waals surface area (Å²) < 4.78 is 23.5.